The topological polar surface area (TPSA) is 58.2 Å². The number of hydrogen-bond acceptors (Lipinski definition) is 2. The first-order valence-electron chi connectivity index (χ1n) is 8.31. The van der Waals surface area contributed by atoms with Crippen LogP contribution in [0.1, 0.15) is 25.0 Å². The summed E-state index contributed by atoms with van der Waals surface area (Å²) in [5, 5.41) is 6.82. The van der Waals surface area contributed by atoms with Crippen LogP contribution < -0.4 is 10.6 Å². The Kier molecular flexibility index (Phi) is 6.68. The Hall–Kier alpha value is -2.04. The van der Waals surface area contributed by atoms with Gasteiger partial charge in [-0.25, -0.2) is 0 Å². The highest BCUT2D eigenvalue weighted by molar-refractivity contribution is 6.32. The van der Waals surface area contributed by atoms with Crippen LogP contribution in [0.3, 0.4) is 0 Å². The summed E-state index contributed by atoms with van der Waals surface area (Å²) in [5.41, 5.74) is 1.17. The van der Waals surface area contributed by atoms with Crippen molar-refractivity contribution in [2.45, 2.75) is 27.2 Å². The van der Waals surface area contributed by atoms with E-state index in [4.69, 9.17) is 23.2 Å². The molecule has 26 heavy (non-hydrogen) atoms. The van der Waals surface area contributed by atoms with E-state index < -0.39 is 5.41 Å². The van der Waals surface area contributed by atoms with Gasteiger partial charge < -0.3 is 10.6 Å². The van der Waals surface area contributed by atoms with Crippen molar-refractivity contribution in [3.05, 3.63) is 63.6 Å². The Bertz CT molecular complexity index is 819. The molecule has 2 amide bonds. The summed E-state index contributed by atoms with van der Waals surface area (Å²) in [6, 6.07) is 12.7. The zero-order valence-electron chi connectivity index (χ0n) is 15.0. The molecule has 2 aromatic rings. The molecule has 0 heterocycles. The predicted octanol–water partition coefficient (Wildman–Crippen LogP) is 4.63. The van der Waals surface area contributed by atoms with Crippen LogP contribution in [0.5, 0.6) is 0 Å². The van der Waals surface area contributed by atoms with Crippen LogP contribution in [0, 0.1) is 12.3 Å². The lowest BCUT2D eigenvalue weighted by molar-refractivity contribution is -0.138. The highest BCUT2D eigenvalue weighted by Gasteiger charge is 2.36. The molecule has 4 nitrogen and oxygen atoms in total. The maximum atomic E-state index is 12.6. The van der Waals surface area contributed by atoms with E-state index in [1.54, 1.807) is 38.1 Å². The summed E-state index contributed by atoms with van der Waals surface area (Å²) < 4.78 is 0. The normalized spacial score (nSPS) is 11.1. The summed E-state index contributed by atoms with van der Waals surface area (Å²) in [4.78, 5) is 25.1. The Labute approximate surface area is 163 Å². The van der Waals surface area contributed by atoms with Gasteiger partial charge in [-0.05, 0) is 62.6 Å². The SMILES string of the molecule is Cc1c(Cl)cccc1NC(=O)C(C)(C)C(=O)NCCc1cccc(Cl)c1. The summed E-state index contributed by atoms with van der Waals surface area (Å²) in [5.74, 6) is -0.722. The molecule has 0 atom stereocenters. The molecule has 0 aromatic heterocycles. The molecule has 0 bridgehead atoms. The van der Waals surface area contributed by atoms with Crippen LogP contribution in [-0.4, -0.2) is 18.4 Å². The Morgan fingerprint density at radius 3 is 2.42 bits per heavy atom. The van der Waals surface area contributed by atoms with Crippen molar-refractivity contribution in [1.82, 2.24) is 5.32 Å². The fraction of sp³-hybridized carbons (Fsp3) is 0.300. The van der Waals surface area contributed by atoms with Crippen molar-refractivity contribution in [3.63, 3.8) is 0 Å². The van der Waals surface area contributed by atoms with Crippen molar-refractivity contribution in [1.29, 1.82) is 0 Å². The number of hydrogen-bond donors (Lipinski definition) is 2. The minimum atomic E-state index is -1.22. The van der Waals surface area contributed by atoms with Gasteiger partial charge in [0.25, 0.3) is 0 Å². The minimum Gasteiger partial charge on any atom is -0.355 e. The average Bonchev–Trinajstić information content (AvgIpc) is 2.58. The molecular formula is C20H22Cl2N2O2. The lowest BCUT2D eigenvalue weighted by Gasteiger charge is -2.23. The second kappa shape index (κ2) is 8.56. The van der Waals surface area contributed by atoms with Gasteiger partial charge in [0.05, 0.1) is 0 Å². The van der Waals surface area contributed by atoms with Gasteiger partial charge in [-0.15, -0.1) is 0 Å². The Morgan fingerprint density at radius 2 is 1.73 bits per heavy atom. The second-order valence-corrected chi connectivity index (χ2v) is 7.47. The number of benzene rings is 2. The van der Waals surface area contributed by atoms with Crippen LogP contribution in [0.25, 0.3) is 0 Å². The molecule has 0 saturated carbocycles. The molecule has 2 N–H and O–H groups in total. The van der Waals surface area contributed by atoms with E-state index in [0.29, 0.717) is 28.7 Å². The lowest BCUT2D eigenvalue weighted by atomic mass is 9.90. The number of anilines is 1. The largest absolute Gasteiger partial charge is 0.355 e. The van der Waals surface area contributed by atoms with Crippen molar-refractivity contribution >= 4 is 40.7 Å². The Morgan fingerprint density at radius 1 is 1.04 bits per heavy atom. The number of amides is 2. The standard InChI is InChI=1S/C20H22Cl2N2O2/c1-13-16(22)8-5-9-17(13)24-19(26)20(2,3)18(25)23-11-10-14-6-4-7-15(21)12-14/h4-9,12H,10-11H2,1-3H3,(H,23,25)(H,24,26). The van der Waals surface area contributed by atoms with E-state index in [1.165, 1.54) is 0 Å². The minimum absolute atomic E-state index is 0.336. The van der Waals surface area contributed by atoms with Crippen molar-refractivity contribution < 1.29 is 9.59 Å². The van der Waals surface area contributed by atoms with Gasteiger partial charge in [-0.2, -0.15) is 0 Å². The molecule has 0 aliphatic rings. The second-order valence-electron chi connectivity index (χ2n) is 6.63. The zero-order valence-corrected chi connectivity index (χ0v) is 16.5. The van der Waals surface area contributed by atoms with Crippen molar-refractivity contribution in [2.75, 3.05) is 11.9 Å². The fourth-order valence-corrected chi connectivity index (χ4v) is 2.75. The Balaban J connectivity index is 1.95. The third-order valence-corrected chi connectivity index (χ3v) is 4.88. The number of rotatable bonds is 6. The summed E-state index contributed by atoms with van der Waals surface area (Å²) >= 11 is 12.0. The number of carbonyl (C=O) groups is 2. The van der Waals surface area contributed by atoms with Gasteiger partial charge in [0.1, 0.15) is 5.41 Å². The molecule has 138 valence electrons. The molecule has 2 rings (SSSR count). The first kappa shape index (κ1) is 20.3. The predicted molar refractivity (Wildman–Crippen MR) is 107 cm³/mol. The third kappa shape index (κ3) is 4.99. The van der Waals surface area contributed by atoms with Gasteiger partial charge in [-0.1, -0.05) is 41.4 Å². The summed E-state index contributed by atoms with van der Waals surface area (Å²) in [7, 11) is 0. The quantitative estimate of drug-likeness (QED) is 0.704. The molecule has 0 spiro atoms. The van der Waals surface area contributed by atoms with Gasteiger partial charge >= 0.3 is 0 Å². The van der Waals surface area contributed by atoms with Gasteiger partial charge in [-0.3, -0.25) is 9.59 Å². The van der Waals surface area contributed by atoms with Crippen LogP contribution in [0.4, 0.5) is 5.69 Å². The summed E-state index contributed by atoms with van der Waals surface area (Å²) in [6.07, 6.45) is 0.636. The molecule has 2 aromatic carbocycles. The molecule has 0 radical (unpaired) electrons. The number of nitrogens with one attached hydrogen (secondary N) is 2. The van der Waals surface area contributed by atoms with E-state index >= 15 is 0 Å². The van der Waals surface area contributed by atoms with Gasteiger partial charge in [0, 0.05) is 22.3 Å². The zero-order chi connectivity index (χ0) is 19.3. The highest BCUT2D eigenvalue weighted by atomic mass is 35.5. The van der Waals surface area contributed by atoms with Crippen LogP contribution in [-0.2, 0) is 16.0 Å². The highest BCUT2D eigenvalue weighted by Crippen LogP contribution is 2.25. The number of carbonyl (C=O) groups excluding carboxylic acids is 2. The molecule has 0 aliphatic carbocycles. The monoisotopic (exact) mass is 392 g/mol. The molecule has 6 heteroatoms. The fourth-order valence-electron chi connectivity index (χ4n) is 2.36. The van der Waals surface area contributed by atoms with Gasteiger partial charge in [0.15, 0.2) is 0 Å². The molecule has 0 fully saturated rings. The molecule has 0 saturated heterocycles. The van der Waals surface area contributed by atoms with E-state index in [-0.39, 0.29) is 11.8 Å². The average molecular weight is 393 g/mol. The first-order chi connectivity index (χ1) is 12.2. The molecular weight excluding hydrogens is 371 g/mol. The van der Waals surface area contributed by atoms with E-state index in [0.717, 1.165) is 11.1 Å². The maximum absolute atomic E-state index is 12.6. The van der Waals surface area contributed by atoms with Crippen molar-refractivity contribution in [2.24, 2.45) is 5.41 Å². The smallest absolute Gasteiger partial charge is 0.239 e. The van der Waals surface area contributed by atoms with Crippen LogP contribution in [0.2, 0.25) is 10.0 Å². The molecule has 0 aliphatic heterocycles. The van der Waals surface area contributed by atoms with Crippen LogP contribution in [0.15, 0.2) is 42.5 Å². The lowest BCUT2D eigenvalue weighted by Crippen LogP contribution is -2.45. The summed E-state index contributed by atoms with van der Waals surface area (Å²) in [6.45, 7) is 5.43. The van der Waals surface area contributed by atoms with E-state index in [9.17, 15) is 9.59 Å². The third-order valence-electron chi connectivity index (χ3n) is 4.24. The number of halogens is 2. The van der Waals surface area contributed by atoms with Crippen LogP contribution >= 0.6 is 23.2 Å². The molecule has 0 unspecified atom stereocenters. The van der Waals surface area contributed by atoms with E-state index in [1.807, 2.05) is 25.1 Å². The van der Waals surface area contributed by atoms with Crippen molar-refractivity contribution in [3.8, 4) is 0 Å². The van der Waals surface area contributed by atoms with E-state index in [2.05, 4.69) is 10.6 Å². The van der Waals surface area contributed by atoms with Gasteiger partial charge in [0.2, 0.25) is 11.8 Å². The maximum Gasteiger partial charge on any atom is 0.239 e. The first-order valence-corrected chi connectivity index (χ1v) is 9.06.